The van der Waals surface area contributed by atoms with E-state index >= 15 is 0 Å². The number of hydrogen-bond donors (Lipinski definition) is 1. The summed E-state index contributed by atoms with van der Waals surface area (Å²) in [5.41, 5.74) is -0.434. The summed E-state index contributed by atoms with van der Waals surface area (Å²) in [7, 11) is 1.04. The Morgan fingerprint density at radius 1 is 1.19 bits per heavy atom. The molecule has 2 aromatic rings. The van der Waals surface area contributed by atoms with E-state index in [1.807, 2.05) is 0 Å². The van der Waals surface area contributed by atoms with Gasteiger partial charge in [-0.3, -0.25) is 9.59 Å². The predicted octanol–water partition coefficient (Wildman–Crippen LogP) is 5.47. The monoisotopic (exact) mass is 477 g/mol. The number of anilines is 1. The first-order valence-corrected chi connectivity index (χ1v) is 10.1. The predicted molar refractivity (Wildman–Crippen MR) is 107 cm³/mol. The van der Waals surface area contributed by atoms with Gasteiger partial charge in [0.25, 0.3) is 0 Å². The summed E-state index contributed by atoms with van der Waals surface area (Å²) in [6.07, 6.45) is -5.06. The number of benzene rings is 2. The minimum absolute atomic E-state index is 0.00397. The number of carbonyl (C=O) groups is 2. The van der Waals surface area contributed by atoms with Gasteiger partial charge in [-0.05, 0) is 37.6 Å². The molecule has 0 aliphatic carbocycles. The maximum Gasteiger partial charge on any atom is 0.403 e. The molecule has 1 aliphatic heterocycles. The molecule has 1 amide bonds. The number of hydrogen-bond acceptors (Lipinski definition) is 4. The zero-order chi connectivity index (χ0) is 23.8. The lowest BCUT2D eigenvalue weighted by atomic mass is 9.85. The molecule has 3 atom stereocenters. The van der Waals surface area contributed by atoms with E-state index < -0.39 is 57.6 Å². The van der Waals surface area contributed by atoms with Crippen LogP contribution in [-0.2, 0) is 4.79 Å². The average molecular weight is 477 g/mol. The molecule has 11 heteroatoms. The number of amides is 1. The highest BCUT2D eigenvalue weighted by atomic mass is 32.2. The Morgan fingerprint density at radius 3 is 2.44 bits per heavy atom. The molecule has 0 radical (unpaired) electrons. The molecule has 0 saturated carbocycles. The van der Waals surface area contributed by atoms with Gasteiger partial charge in [-0.2, -0.15) is 17.6 Å². The normalized spacial score (nSPS) is 23.1. The Morgan fingerprint density at radius 2 is 1.84 bits per heavy atom. The van der Waals surface area contributed by atoms with Crippen LogP contribution in [-0.4, -0.2) is 35.5 Å². The fraction of sp³-hybridized carbons (Fsp3) is 0.333. The van der Waals surface area contributed by atoms with Crippen molar-refractivity contribution in [3.8, 4) is 5.75 Å². The Balaban J connectivity index is 2.02. The molecule has 1 heterocycles. The van der Waals surface area contributed by atoms with Crippen molar-refractivity contribution in [2.75, 3.05) is 12.4 Å². The minimum atomic E-state index is -4.70. The Kier molecular flexibility index (Phi) is 6.50. The highest BCUT2D eigenvalue weighted by Gasteiger charge is 2.60. The molecule has 172 valence electrons. The maximum absolute atomic E-state index is 14.2. The van der Waals surface area contributed by atoms with Crippen LogP contribution in [0.5, 0.6) is 5.75 Å². The van der Waals surface area contributed by atoms with Gasteiger partial charge in [0.05, 0.1) is 17.9 Å². The lowest BCUT2D eigenvalue weighted by Crippen LogP contribution is -2.37. The van der Waals surface area contributed by atoms with Crippen LogP contribution >= 0.6 is 11.8 Å². The molecule has 1 N–H and O–H groups in total. The number of ether oxygens (including phenoxy) is 1. The standard InChI is InChI=1S/C21H17F6NO3S/c1-20(21(25,26)27)8-13(12-4-6-15(23)16(24)17(12)31-2)18(32-20)19(30)28-11-3-5-14(22)10(7-11)9-29/h3-7,9,13,18H,8H2,1-2H3,(H,28,30)/t13-,18+,20+/m0/s1. The Hall–Kier alpha value is -2.69. The minimum Gasteiger partial charge on any atom is -0.493 e. The van der Waals surface area contributed by atoms with Gasteiger partial charge in [0.15, 0.2) is 17.9 Å². The quantitative estimate of drug-likeness (QED) is 0.458. The van der Waals surface area contributed by atoms with E-state index in [0.717, 1.165) is 44.4 Å². The second kappa shape index (κ2) is 8.68. The number of halogens is 6. The zero-order valence-corrected chi connectivity index (χ0v) is 17.5. The first-order valence-electron chi connectivity index (χ1n) is 9.24. The van der Waals surface area contributed by atoms with Crippen molar-refractivity contribution in [1.29, 1.82) is 0 Å². The van der Waals surface area contributed by atoms with Crippen LogP contribution in [0.4, 0.5) is 32.0 Å². The van der Waals surface area contributed by atoms with Crippen molar-refractivity contribution in [2.45, 2.75) is 35.4 Å². The number of aldehydes is 1. The molecule has 2 aromatic carbocycles. The summed E-state index contributed by atoms with van der Waals surface area (Å²) in [6, 6.07) is 4.96. The molecule has 0 spiro atoms. The average Bonchev–Trinajstić information content (AvgIpc) is 3.10. The number of methoxy groups -OCH3 is 1. The van der Waals surface area contributed by atoms with Gasteiger partial charge in [0.1, 0.15) is 10.6 Å². The van der Waals surface area contributed by atoms with Crippen molar-refractivity contribution in [3.63, 3.8) is 0 Å². The van der Waals surface area contributed by atoms with E-state index in [2.05, 4.69) is 5.32 Å². The van der Waals surface area contributed by atoms with E-state index in [9.17, 15) is 35.9 Å². The highest BCUT2D eigenvalue weighted by molar-refractivity contribution is 8.02. The fourth-order valence-electron chi connectivity index (χ4n) is 3.60. The lowest BCUT2D eigenvalue weighted by molar-refractivity contribution is -0.155. The molecule has 1 fully saturated rings. The van der Waals surface area contributed by atoms with Gasteiger partial charge in [0, 0.05) is 17.2 Å². The maximum atomic E-state index is 14.2. The molecule has 1 aliphatic rings. The fourth-order valence-corrected chi connectivity index (χ4v) is 5.14. The van der Waals surface area contributed by atoms with Crippen LogP contribution in [0.3, 0.4) is 0 Å². The smallest absolute Gasteiger partial charge is 0.403 e. The largest absolute Gasteiger partial charge is 0.493 e. The molecule has 0 bridgehead atoms. The third-order valence-electron chi connectivity index (χ3n) is 5.29. The van der Waals surface area contributed by atoms with Gasteiger partial charge < -0.3 is 10.1 Å². The number of nitrogens with one attached hydrogen (secondary N) is 1. The number of rotatable bonds is 5. The van der Waals surface area contributed by atoms with E-state index in [1.54, 1.807) is 0 Å². The molecule has 1 saturated heterocycles. The molecular weight excluding hydrogens is 460 g/mol. The molecule has 0 aromatic heterocycles. The Bertz CT molecular complexity index is 1060. The first-order chi connectivity index (χ1) is 14.9. The summed E-state index contributed by atoms with van der Waals surface area (Å²) < 4.78 is 85.3. The zero-order valence-electron chi connectivity index (χ0n) is 16.7. The van der Waals surface area contributed by atoms with Crippen molar-refractivity contribution < 1.29 is 40.7 Å². The van der Waals surface area contributed by atoms with Crippen LogP contribution in [0.25, 0.3) is 0 Å². The second-order valence-electron chi connectivity index (χ2n) is 7.40. The van der Waals surface area contributed by atoms with Crippen molar-refractivity contribution >= 4 is 29.6 Å². The van der Waals surface area contributed by atoms with Crippen molar-refractivity contribution in [1.82, 2.24) is 0 Å². The summed E-state index contributed by atoms with van der Waals surface area (Å²) in [4.78, 5) is 23.9. The molecule has 4 nitrogen and oxygen atoms in total. The molecule has 3 rings (SSSR count). The molecular formula is C21H17F6NO3S. The van der Waals surface area contributed by atoms with E-state index in [0.29, 0.717) is 11.8 Å². The van der Waals surface area contributed by atoms with Gasteiger partial charge in [-0.1, -0.05) is 6.07 Å². The number of thioether (sulfide) groups is 1. The number of alkyl halides is 3. The van der Waals surface area contributed by atoms with E-state index in [1.165, 1.54) is 0 Å². The molecule has 32 heavy (non-hydrogen) atoms. The Labute approximate surface area is 183 Å². The SMILES string of the molecule is COc1c([C@@H]2C[C@](C)(C(F)(F)F)S[C@H]2C(=O)Nc2ccc(F)c(C=O)c2)ccc(F)c1F. The summed E-state index contributed by atoms with van der Waals surface area (Å²) in [6.45, 7) is 0.923. The van der Waals surface area contributed by atoms with Crippen LogP contribution in [0.2, 0.25) is 0 Å². The van der Waals surface area contributed by atoms with Gasteiger partial charge in [-0.25, -0.2) is 8.78 Å². The van der Waals surface area contributed by atoms with Crippen LogP contribution in [0, 0.1) is 17.5 Å². The highest BCUT2D eigenvalue weighted by Crippen LogP contribution is 2.59. The molecule has 0 unspecified atom stereocenters. The van der Waals surface area contributed by atoms with E-state index in [-0.39, 0.29) is 23.1 Å². The number of carbonyl (C=O) groups excluding carboxylic acids is 2. The summed E-state index contributed by atoms with van der Waals surface area (Å²) >= 11 is 0.340. The summed E-state index contributed by atoms with van der Waals surface area (Å²) in [5.74, 6) is -6.08. The lowest BCUT2D eigenvalue weighted by Gasteiger charge is -2.26. The van der Waals surface area contributed by atoms with Crippen molar-refractivity contribution in [2.24, 2.45) is 0 Å². The summed E-state index contributed by atoms with van der Waals surface area (Å²) in [5, 5.41) is 1.01. The van der Waals surface area contributed by atoms with Crippen LogP contribution in [0.1, 0.15) is 35.2 Å². The van der Waals surface area contributed by atoms with Gasteiger partial charge in [0.2, 0.25) is 11.7 Å². The van der Waals surface area contributed by atoms with Crippen molar-refractivity contribution in [3.05, 3.63) is 58.9 Å². The second-order valence-corrected chi connectivity index (χ2v) is 9.05. The van der Waals surface area contributed by atoms with Gasteiger partial charge >= 0.3 is 6.18 Å². The van der Waals surface area contributed by atoms with Gasteiger partial charge in [-0.15, -0.1) is 11.8 Å². The first kappa shape index (κ1) is 24.0. The van der Waals surface area contributed by atoms with Crippen LogP contribution in [0.15, 0.2) is 30.3 Å². The third kappa shape index (κ3) is 4.30. The van der Waals surface area contributed by atoms with E-state index in [4.69, 9.17) is 4.74 Å². The topological polar surface area (TPSA) is 55.4 Å². The third-order valence-corrected chi connectivity index (χ3v) is 7.01. The van der Waals surface area contributed by atoms with Crippen LogP contribution < -0.4 is 10.1 Å².